The maximum atomic E-state index is 12.1. The van der Waals surface area contributed by atoms with E-state index >= 15 is 0 Å². The van der Waals surface area contributed by atoms with Gasteiger partial charge in [0.1, 0.15) is 6.17 Å². The summed E-state index contributed by atoms with van der Waals surface area (Å²) in [5, 5.41) is 0. The fourth-order valence-corrected chi connectivity index (χ4v) is 3.99. The van der Waals surface area contributed by atoms with E-state index in [0.717, 1.165) is 4.31 Å². The quantitative estimate of drug-likeness (QED) is 0.576. The number of aliphatic imine (C=N–C) groups is 1. The number of hydrogen-bond donors (Lipinski definition) is 0. The van der Waals surface area contributed by atoms with Gasteiger partial charge >= 0.3 is 6.18 Å². The lowest BCUT2D eigenvalue weighted by molar-refractivity contribution is -0.134. The Morgan fingerprint density at radius 2 is 2.05 bits per heavy atom. The number of carbonyl (C=O) groups excluding carboxylic acids is 1. The Morgan fingerprint density at radius 3 is 2.60 bits per heavy atom. The zero-order chi connectivity index (χ0) is 15.4. The summed E-state index contributed by atoms with van der Waals surface area (Å²) in [5.41, 5.74) is 0. The van der Waals surface area contributed by atoms with Gasteiger partial charge in [0, 0.05) is 13.0 Å². The molecule has 1 saturated heterocycles. The van der Waals surface area contributed by atoms with E-state index in [4.69, 9.17) is 0 Å². The highest BCUT2D eigenvalue weighted by Gasteiger charge is 2.37. The molecule has 5 nitrogen and oxygen atoms in total. The fraction of sp³-hybridized carbons (Fsp3) is 0.909. The summed E-state index contributed by atoms with van der Waals surface area (Å²) in [6, 6.07) is 0. The number of halogens is 3. The number of alkyl halides is 3. The van der Waals surface area contributed by atoms with E-state index < -0.39 is 41.0 Å². The monoisotopic (exact) mass is 314 g/mol. The van der Waals surface area contributed by atoms with E-state index in [1.807, 2.05) is 0 Å². The Morgan fingerprint density at radius 1 is 1.40 bits per heavy atom. The molecule has 1 fully saturated rings. The number of rotatable bonds is 5. The largest absolute Gasteiger partial charge is 0.389 e. The van der Waals surface area contributed by atoms with Crippen LogP contribution in [0.2, 0.25) is 0 Å². The number of sulfonamides is 1. The van der Waals surface area contributed by atoms with Crippen LogP contribution in [0.4, 0.5) is 13.2 Å². The molecule has 0 N–H and O–H groups in total. The summed E-state index contributed by atoms with van der Waals surface area (Å²) in [5.74, 6) is -0.744. The molecule has 0 radical (unpaired) electrons. The first-order valence-corrected chi connectivity index (χ1v) is 7.91. The van der Waals surface area contributed by atoms with Gasteiger partial charge in [0.15, 0.2) is 0 Å². The van der Waals surface area contributed by atoms with Crippen molar-refractivity contribution in [3.63, 3.8) is 0 Å². The van der Waals surface area contributed by atoms with Gasteiger partial charge in [0.2, 0.25) is 16.1 Å². The Hall–Kier alpha value is -0.920. The van der Waals surface area contributed by atoms with Gasteiger partial charge in [-0.25, -0.2) is 13.2 Å². The summed E-state index contributed by atoms with van der Waals surface area (Å²) in [7, 11) is -3.85. The van der Waals surface area contributed by atoms with Crippen LogP contribution in [0.3, 0.4) is 0 Å². The van der Waals surface area contributed by atoms with E-state index in [1.165, 1.54) is 6.08 Å². The molecule has 20 heavy (non-hydrogen) atoms. The van der Waals surface area contributed by atoms with Gasteiger partial charge in [-0.15, -0.1) is 0 Å². The number of piperidine rings is 1. The van der Waals surface area contributed by atoms with Gasteiger partial charge in [-0.3, -0.25) is 0 Å². The van der Waals surface area contributed by atoms with Crippen LogP contribution in [0.1, 0.15) is 32.6 Å². The Balaban J connectivity index is 2.76. The molecular formula is C11H17F3N2O3S. The van der Waals surface area contributed by atoms with Crippen LogP contribution in [0.25, 0.3) is 0 Å². The van der Waals surface area contributed by atoms with Crippen LogP contribution in [0, 0.1) is 5.92 Å². The van der Waals surface area contributed by atoms with Gasteiger partial charge in [-0.1, -0.05) is 6.92 Å². The van der Waals surface area contributed by atoms with E-state index in [1.54, 1.807) is 6.92 Å². The normalized spacial score (nSPS) is 25.2. The van der Waals surface area contributed by atoms with Crippen LogP contribution in [0.5, 0.6) is 0 Å². The van der Waals surface area contributed by atoms with Gasteiger partial charge in [0.05, 0.1) is 5.75 Å². The lowest BCUT2D eigenvalue weighted by Gasteiger charge is -2.35. The molecule has 0 spiro atoms. The lowest BCUT2D eigenvalue weighted by atomic mass is 9.98. The highest BCUT2D eigenvalue weighted by Crippen LogP contribution is 2.28. The minimum atomic E-state index is -4.37. The molecule has 0 amide bonds. The molecule has 0 aromatic carbocycles. The van der Waals surface area contributed by atoms with E-state index in [2.05, 4.69) is 4.99 Å². The van der Waals surface area contributed by atoms with Crippen molar-refractivity contribution in [3.05, 3.63) is 0 Å². The van der Waals surface area contributed by atoms with Crippen molar-refractivity contribution in [1.82, 2.24) is 4.31 Å². The van der Waals surface area contributed by atoms with Crippen molar-refractivity contribution in [2.24, 2.45) is 10.9 Å². The third-order valence-electron chi connectivity index (χ3n) is 3.25. The topological polar surface area (TPSA) is 66.8 Å². The molecule has 1 aliphatic rings. The van der Waals surface area contributed by atoms with Crippen LogP contribution in [0.15, 0.2) is 4.99 Å². The molecule has 2 unspecified atom stereocenters. The maximum absolute atomic E-state index is 12.1. The molecule has 0 bridgehead atoms. The van der Waals surface area contributed by atoms with E-state index in [9.17, 15) is 26.4 Å². The SMILES string of the molecule is CC1CCCN(S(=O)(=O)CCCC(F)(F)F)C1N=C=O. The van der Waals surface area contributed by atoms with Crippen LogP contribution < -0.4 is 0 Å². The van der Waals surface area contributed by atoms with Crippen molar-refractivity contribution in [2.45, 2.75) is 44.9 Å². The van der Waals surface area contributed by atoms with Crippen molar-refractivity contribution in [1.29, 1.82) is 0 Å². The lowest BCUT2D eigenvalue weighted by Crippen LogP contribution is -2.47. The molecule has 9 heteroatoms. The molecular weight excluding hydrogens is 297 g/mol. The summed E-state index contributed by atoms with van der Waals surface area (Å²) in [6.07, 6.45) is -4.20. The summed E-state index contributed by atoms with van der Waals surface area (Å²) in [6.45, 7) is 1.93. The van der Waals surface area contributed by atoms with Crippen molar-refractivity contribution in [3.8, 4) is 0 Å². The average molecular weight is 314 g/mol. The second kappa shape index (κ2) is 6.69. The van der Waals surface area contributed by atoms with Gasteiger partial charge in [0.25, 0.3) is 0 Å². The van der Waals surface area contributed by atoms with Crippen molar-refractivity contribution in [2.75, 3.05) is 12.3 Å². The standard InChI is InChI=1S/C11H17F3N2O3S/c1-9-4-2-6-16(10(9)15-8-17)20(18,19)7-3-5-11(12,13)14/h9-10H,2-7H2,1H3. The minimum absolute atomic E-state index is 0.150. The van der Waals surface area contributed by atoms with Gasteiger partial charge in [-0.05, 0) is 25.2 Å². The van der Waals surface area contributed by atoms with E-state index in [-0.39, 0.29) is 12.5 Å². The average Bonchev–Trinajstić information content (AvgIpc) is 2.29. The van der Waals surface area contributed by atoms with Crippen molar-refractivity contribution >= 4 is 16.1 Å². The second-order valence-corrected chi connectivity index (χ2v) is 6.94. The third kappa shape index (κ3) is 4.88. The predicted molar refractivity (Wildman–Crippen MR) is 66.1 cm³/mol. The predicted octanol–water partition coefficient (Wildman–Crippen LogP) is 2.05. The minimum Gasteiger partial charge on any atom is -0.212 e. The number of hydrogen-bond acceptors (Lipinski definition) is 4. The molecule has 1 aliphatic heterocycles. The van der Waals surface area contributed by atoms with E-state index in [0.29, 0.717) is 12.8 Å². The molecule has 2 atom stereocenters. The summed E-state index contributed by atoms with van der Waals surface area (Å²) in [4.78, 5) is 13.9. The summed E-state index contributed by atoms with van der Waals surface area (Å²) < 4.78 is 61.3. The molecule has 0 aliphatic carbocycles. The zero-order valence-corrected chi connectivity index (χ0v) is 11.9. The third-order valence-corrected chi connectivity index (χ3v) is 5.16. The first-order chi connectivity index (χ1) is 9.17. The Kier molecular flexibility index (Phi) is 5.73. The first kappa shape index (κ1) is 17.1. The summed E-state index contributed by atoms with van der Waals surface area (Å²) >= 11 is 0. The van der Waals surface area contributed by atoms with Crippen LogP contribution in [-0.4, -0.2) is 43.4 Å². The molecule has 116 valence electrons. The highest BCUT2D eigenvalue weighted by molar-refractivity contribution is 7.89. The maximum Gasteiger partial charge on any atom is 0.389 e. The van der Waals surface area contributed by atoms with Gasteiger partial charge in [-0.2, -0.15) is 22.5 Å². The van der Waals surface area contributed by atoms with Gasteiger partial charge < -0.3 is 0 Å². The number of nitrogens with zero attached hydrogens (tertiary/aromatic N) is 2. The molecule has 1 rings (SSSR count). The first-order valence-electron chi connectivity index (χ1n) is 6.30. The van der Waals surface area contributed by atoms with Crippen molar-refractivity contribution < 1.29 is 26.4 Å². The second-order valence-electron chi connectivity index (χ2n) is 4.90. The Bertz CT molecular complexity index is 472. The fourth-order valence-electron chi connectivity index (χ4n) is 2.26. The molecule has 1 heterocycles. The molecule has 0 aromatic rings. The molecule has 0 aromatic heterocycles. The number of isocyanates is 1. The van der Waals surface area contributed by atoms with Crippen LogP contribution >= 0.6 is 0 Å². The Labute approximate surface area is 115 Å². The smallest absolute Gasteiger partial charge is 0.212 e. The molecule has 0 saturated carbocycles. The zero-order valence-electron chi connectivity index (χ0n) is 11.1. The van der Waals surface area contributed by atoms with Crippen LogP contribution in [-0.2, 0) is 14.8 Å². The highest BCUT2D eigenvalue weighted by atomic mass is 32.2.